The Hall–Kier alpha value is -1.55. The summed E-state index contributed by atoms with van der Waals surface area (Å²) in [4.78, 5) is 14.4. The highest BCUT2D eigenvalue weighted by molar-refractivity contribution is 5.94. The van der Waals surface area contributed by atoms with Gasteiger partial charge in [-0.1, -0.05) is 6.92 Å². The lowest BCUT2D eigenvalue weighted by Gasteiger charge is -2.34. The lowest BCUT2D eigenvalue weighted by molar-refractivity contribution is 0.0655. The van der Waals surface area contributed by atoms with Crippen molar-refractivity contribution >= 4 is 5.91 Å². The first-order valence-corrected chi connectivity index (χ1v) is 7.40. The number of ether oxygens (including phenoxy) is 1. The van der Waals surface area contributed by atoms with Gasteiger partial charge >= 0.3 is 0 Å². The van der Waals surface area contributed by atoms with E-state index >= 15 is 0 Å². The molecule has 0 saturated carbocycles. The maximum atomic E-state index is 12.5. The maximum absolute atomic E-state index is 12.5. The predicted octanol–water partition coefficient (Wildman–Crippen LogP) is 2.30. The van der Waals surface area contributed by atoms with Crippen molar-refractivity contribution in [3.8, 4) is 5.75 Å². The van der Waals surface area contributed by atoms with Crippen molar-refractivity contribution in [3.05, 3.63) is 29.8 Å². The first-order valence-electron chi connectivity index (χ1n) is 7.40. The van der Waals surface area contributed by atoms with Crippen molar-refractivity contribution in [2.45, 2.75) is 39.3 Å². The van der Waals surface area contributed by atoms with E-state index in [9.17, 15) is 4.79 Å². The summed E-state index contributed by atoms with van der Waals surface area (Å²) in [7, 11) is 0. The van der Waals surface area contributed by atoms with Crippen LogP contribution in [0.2, 0.25) is 0 Å². The molecule has 1 fully saturated rings. The SMILES string of the molecule is CCC(C)Oc1ccc(C(=O)N2CCNC[C@H]2C)cc1. The van der Waals surface area contributed by atoms with E-state index in [0.29, 0.717) is 0 Å². The molecule has 1 heterocycles. The van der Waals surface area contributed by atoms with Crippen LogP contribution in [0.3, 0.4) is 0 Å². The fourth-order valence-electron chi connectivity index (χ4n) is 2.30. The summed E-state index contributed by atoms with van der Waals surface area (Å²) in [6.07, 6.45) is 1.17. The van der Waals surface area contributed by atoms with Gasteiger partial charge in [0.05, 0.1) is 6.10 Å². The molecule has 0 bridgehead atoms. The minimum atomic E-state index is 0.106. The van der Waals surface area contributed by atoms with Crippen LogP contribution in [0.4, 0.5) is 0 Å². The second-order valence-electron chi connectivity index (χ2n) is 5.41. The molecule has 0 aliphatic carbocycles. The lowest BCUT2D eigenvalue weighted by Crippen LogP contribution is -2.52. The van der Waals surface area contributed by atoms with E-state index < -0.39 is 0 Å². The Bertz CT molecular complexity index is 444. The fourth-order valence-corrected chi connectivity index (χ4v) is 2.30. The molecule has 2 atom stereocenters. The number of rotatable bonds is 4. The smallest absolute Gasteiger partial charge is 0.254 e. The Morgan fingerprint density at radius 1 is 1.45 bits per heavy atom. The topological polar surface area (TPSA) is 41.6 Å². The van der Waals surface area contributed by atoms with Crippen LogP contribution in [0.25, 0.3) is 0 Å². The zero-order valence-corrected chi connectivity index (χ0v) is 12.6. The molecule has 1 aliphatic heterocycles. The van der Waals surface area contributed by atoms with Gasteiger partial charge in [-0.3, -0.25) is 4.79 Å². The van der Waals surface area contributed by atoms with Crippen molar-refractivity contribution in [2.75, 3.05) is 19.6 Å². The van der Waals surface area contributed by atoms with E-state index in [1.807, 2.05) is 36.1 Å². The number of carbonyl (C=O) groups excluding carboxylic acids is 1. The Kier molecular flexibility index (Phi) is 5.01. The van der Waals surface area contributed by atoms with Gasteiger partial charge in [0.15, 0.2) is 0 Å². The number of amides is 1. The van der Waals surface area contributed by atoms with Crippen LogP contribution in [-0.2, 0) is 0 Å². The third-order valence-electron chi connectivity index (χ3n) is 3.78. The summed E-state index contributed by atoms with van der Waals surface area (Å²) in [5.74, 6) is 0.929. The summed E-state index contributed by atoms with van der Waals surface area (Å²) < 4.78 is 5.73. The molecule has 110 valence electrons. The molecule has 4 nitrogen and oxygen atoms in total. The minimum Gasteiger partial charge on any atom is -0.491 e. The monoisotopic (exact) mass is 276 g/mol. The highest BCUT2D eigenvalue weighted by Gasteiger charge is 2.23. The van der Waals surface area contributed by atoms with E-state index in [-0.39, 0.29) is 18.1 Å². The first-order chi connectivity index (χ1) is 9.61. The van der Waals surface area contributed by atoms with Crippen molar-refractivity contribution < 1.29 is 9.53 Å². The lowest BCUT2D eigenvalue weighted by atomic mass is 10.1. The van der Waals surface area contributed by atoms with E-state index in [0.717, 1.165) is 37.4 Å². The molecule has 1 aromatic rings. The molecule has 0 aromatic heterocycles. The number of hydrogen-bond acceptors (Lipinski definition) is 3. The van der Waals surface area contributed by atoms with Gasteiger partial charge in [0.25, 0.3) is 5.91 Å². The second kappa shape index (κ2) is 6.75. The molecular weight excluding hydrogens is 252 g/mol. The Morgan fingerprint density at radius 2 is 2.15 bits per heavy atom. The first kappa shape index (κ1) is 14.9. The van der Waals surface area contributed by atoms with Crippen molar-refractivity contribution in [3.63, 3.8) is 0 Å². The summed E-state index contributed by atoms with van der Waals surface area (Å²) in [6, 6.07) is 7.72. The highest BCUT2D eigenvalue weighted by Crippen LogP contribution is 2.17. The van der Waals surface area contributed by atoms with Gasteiger partial charge in [-0.25, -0.2) is 0 Å². The largest absolute Gasteiger partial charge is 0.491 e. The van der Waals surface area contributed by atoms with Crippen molar-refractivity contribution in [1.29, 1.82) is 0 Å². The normalized spacial score (nSPS) is 20.6. The third kappa shape index (κ3) is 3.51. The van der Waals surface area contributed by atoms with Gasteiger partial charge in [-0.15, -0.1) is 0 Å². The van der Waals surface area contributed by atoms with Crippen LogP contribution < -0.4 is 10.1 Å². The van der Waals surface area contributed by atoms with Crippen molar-refractivity contribution in [1.82, 2.24) is 10.2 Å². The molecule has 4 heteroatoms. The molecule has 1 saturated heterocycles. The quantitative estimate of drug-likeness (QED) is 0.917. The molecule has 1 unspecified atom stereocenters. The van der Waals surface area contributed by atoms with Crippen LogP contribution in [-0.4, -0.2) is 42.6 Å². The number of hydrogen-bond donors (Lipinski definition) is 1. The van der Waals surface area contributed by atoms with Gasteiger partial charge in [0.1, 0.15) is 5.75 Å². The molecule has 1 aliphatic rings. The van der Waals surface area contributed by atoms with E-state index in [2.05, 4.69) is 19.2 Å². The number of piperazine rings is 1. The molecule has 0 radical (unpaired) electrons. The number of carbonyl (C=O) groups is 1. The number of benzene rings is 1. The zero-order valence-electron chi connectivity index (χ0n) is 12.6. The second-order valence-corrected chi connectivity index (χ2v) is 5.41. The highest BCUT2D eigenvalue weighted by atomic mass is 16.5. The zero-order chi connectivity index (χ0) is 14.5. The summed E-state index contributed by atoms with van der Waals surface area (Å²) >= 11 is 0. The molecule has 2 rings (SSSR count). The molecule has 1 amide bonds. The summed E-state index contributed by atoms with van der Waals surface area (Å²) in [5.41, 5.74) is 0.732. The third-order valence-corrected chi connectivity index (χ3v) is 3.78. The van der Waals surface area contributed by atoms with Gasteiger partial charge in [-0.05, 0) is 44.5 Å². The number of nitrogens with one attached hydrogen (secondary N) is 1. The fraction of sp³-hybridized carbons (Fsp3) is 0.562. The van der Waals surface area contributed by atoms with E-state index in [1.165, 1.54) is 0 Å². The number of nitrogens with zero attached hydrogens (tertiary/aromatic N) is 1. The Labute approximate surface area is 121 Å². The van der Waals surface area contributed by atoms with Crippen LogP contribution in [0.5, 0.6) is 5.75 Å². The Morgan fingerprint density at radius 3 is 2.75 bits per heavy atom. The standard InChI is InChI=1S/C16H24N2O2/c1-4-13(3)20-15-7-5-14(6-8-15)16(19)18-10-9-17-11-12(18)2/h5-8,12-13,17H,4,9-11H2,1-3H3/t12-,13?/m1/s1. The molecule has 20 heavy (non-hydrogen) atoms. The van der Waals surface area contributed by atoms with E-state index in [4.69, 9.17) is 4.74 Å². The van der Waals surface area contributed by atoms with Gasteiger partial charge in [0, 0.05) is 31.2 Å². The molecule has 0 spiro atoms. The summed E-state index contributed by atoms with van der Waals surface area (Å²) in [6.45, 7) is 8.71. The maximum Gasteiger partial charge on any atom is 0.254 e. The average molecular weight is 276 g/mol. The molecular formula is C16H24N2O2. The minimum absolute atomic E-state index is 0.106. The van der Waals surface area contributed by atoms with Gasteiger partial charge < -0.3 is 15.0 Å². The van der Waals surface area contributed by atoms with Crippen LogP contribution in [0.1, 0.15) is 37.6 Å². The van der Waals surface area contributed by atoms with Crippen LogP contribution in [0, 0.1) is 0 Å². The van der Waals surface area contributed by atoms with Crippen LogP contribution in [0.15, 0.2) is 24.3 Å². The Balaban J connectivity index is 2.03. The van der Waals surface area contributed by atoms with Crippen LogP contribution >= 0.6 is 0 Å². The average Bonchev–Trinajstić information content (AvgIpc) is 2.47. The predicted molar refractivity (Wildman–Crippen MR) is 80.2 cm³/mol. The van der Waals surface area contributed by atoms with Gasteiger partial charge in [0.2, 0.25) is 0 Å². The van der Waals surface area contributed by atoms with Crippen molar-refractivity contribution in [2.24, 2.45) is 0 Å². The summed E-state index contributed by atoms with van der Waals surface area (Å²) in [5, 5.41) is 3.29. The van der Waals surface area contributed by atoms with E-state index in [1.54, 1.807) is 0 Å². The molecule has 1 N–H and O–H groups in total. The van der Waals surface area contributed by atoms with Gasteiger partial charge in [-0.2, -0.15) is 0 Å². The molecule has 1 aromatic carbocycles.